The third-order valence-corrected chi connectivity index (χ3v) is 8.60. The molecule has 0 aliphatic heterocycles. The Morgan fingerprint density at radius 2 is 1.62 bits per heavy atom. The first-order chi connectivity index (χ1) is 18.4. The second kappa shape index (κ2) is 16.0. The minimum Gasteiger partial charge on any atom is -0.352 e. The molecule has 0 aliphatic rings. The summed E-state index contributed by atoms with van der Waals surface area (Å²) in [5.74, 6) is 0.0963. The summed E-state index contributed by atoms with van der Waals surface area (Å²) in [6, 6.07) is 15.6. The van der Waals surface area contributed by atoms with Crippen molar-refractivity contribution in [1.29, 1.82) is 0 Å². The van der Waals surface area contributed by atoms with Crippen LogP contribution in [0.2, 0.25) is 5.02 Å². The summed E-state index contributed by atoms with van der Waals surface area (Å²) in [6.45, 7) is 8.45. The average molecular weight is 593 g/mol. The molecule has 39 heavy (non-hydrogen) atoms. The van der Waals surface area contributed by atoms with Gasteiger partial charge in [0, 0.05) is 22.0 Å². The second-order valence-corrected chi connectivity index (χ2v) is 13.7. The van der Waals surface area contributed by atoms with Crippen molar-refractivity contribution in [3.05, 3.63) is 64.5 Å². The van der Waals surface area contributed by atoms with Crippen LogP contribution in [0.15, 0.2) is 59.5 Å². The smallest absolute Gasteiger partial charge is 0.262 e. The Bertz CT molecular complexity index is 1270. The van der Waals surface area contributed by atoms with E-state index in [1.807, 2.05) is 30.3 Å². The van der Waals surface area contributed by atoms with Gasteiger partial charge in [0.05, 0.1) is 9.77 Å². The molecule has 1 aromatic heterocycles. The van der Waals surface area contributed by atoms with Gasteiger partial charge in [-0.3, -0.25) is 9.59 Å². The third kappa shape index (κ3) is 11.3. The van der Waals surface area contributed by atoms with Crippen molar-refractivity contribution in [2.45, 2.75) is 83.2 Å². The largest absolute Gasteiger partial charge is 0.352 e. The topological polar surface area (TPSA) is 92.3 Å². The average Bonchev–Trinajstić information content (AvgIpc) is 3.31. The van der Waals surface area contributed by atoms with Gasteiger partial charge >= 0.3 is 0 Å². The van der Waals surface area contributed by atoms with E-state index in [9.17, 15) is 18.0 Å². The van der Waals surface area contributed by atoms with Crippen LogP contribution >= 0.6 is 22.9 Å². The van der Waals surface area contributed by atoms with Gasteiger partial charge < -0.3 is 10.6 Å². The molecule has 2 aromatic carbocycles. The Labute approximate surface area is 242 Å². The highest BCUT2D eigenvalue weighted by molar-refractivity contribution is 7.90. The van der Waals surface area contributed by atoms with Crippen LogP contribution in [0, 0.1) is 5.92 Å². The molecule has 0 bridgehead atoms. The highest BCUT2D eigenvalue weighted by Gasteiger charge is 2.25. The normalized spacial score (nSPS) is 12.9. The molecule has 0 spiro atoms. The van der Waals surface area contributed by atoms with E-state index in [0.29, 0.717) is 27.1 Å². The molecule has 2 amide bonds. The number of amides is 2. The van der Waals surface area contributed by atoms with E-state index in [4.69, 9.17) is 11.6 Å². The molecular weight excluding hydrogens is 552 g/mol. The quantitative estimate of drug-likeness (QED) is 0.231. The zero-order chi connectivity index (χ0) is 29.0. The fraction of sp³-hybridized carbons (Fsp3) is 0.467. The summed E-state index contributed by atoms with van der Waals surface area (Å²) < 4.78 is 22.9. The number of carbonyl (C=O) groups is 2. The van der Waals surface area contributed by atoms with Crippen molar-refractivity contribution in [3.63, 3.8) is 0 Å². The lowest BCUT2D eigenvalue weighted by Gasteiger charge is -2.24. The lowest BCUT2D eigenvalue weighted by molar-refractivity contribution is -0.124. The highest BCUT2D eigenvalue weighted by Crippen LogP contribution is 2.25. The number of rotatable bonds is 12. The van der Waals surface area contributed by atoms with Gasteiger partial charge in [-0.1, -0.05) is 76.8 Å². The number of fused-ring (bicyclic) bond motifs is 1. The summed E-state index contributed by atoms with van der Waals surface area (Å²) >= 11 is 7.03. The molecule has 214 valence electrons. The maximum atomic E-state index is 12.9. The minimum absolute atomic E-state index is 0.0577. The lowest BCUT2D eigenvalue weighted by atomic mass is 10.0. The van der Waals surface area contributed by atoms with Crippen molar-refractivity contribution >= 4 is 54.7 Å². The molecule has 9 heteroatoms. The standard InChI is InChI=1S/C23H34N2O2S.C7H7ClO2S/c1-5-7-12-18(10-6-2)24-22(26)19(14-16(3)4)25-23(27)21-15-17-11-8-9-13-20(17)28-21;1-11(9,10)7-4-2-6(8)3-5-7/h8-9,11,13,15-16,18-19H,5-7,10,12,14H2,1-4H3,(H,24,26)(H,25,27);2-5H,1H3/t18?,19-;/m0./s1. The van der Waals surface area contributed by atoms with E-state index in [-0.39, 0.29) is 17.9 Å². The number of halogens is 1. The Morgan fingerprint density at radius 1 is 0.949 bits per heavy atom. The fourth-order valence-electron chi connectivity index (χ4n) is 4.10. The van der Waals surface area contributed by atoms with Crippen LogP contribution in [0.1, 0.15) is 75.9 Å². The summed E-state index contributed by atoms with van der Waals surface area (Å²) in [4.78, 5) is 26.7. The van der Waals surface area contributed by atoms with Crippen LogP contribution in [0.4, 0.5) is 0 Å². The molecule has 0 fully saturated rings. The molecule has 3 aromatic rings. The summed E-state index contributed by atoms with van der Waals surface area (Å²) in [5, 5.41) is 7.78. The highest BCUT2D eigenvalue weighted by atomic mass is 35.5. The van der Waals surface area contributed by atoms with Crippen molar-refractivity contribution < 1.29 is 18.0 Å². The monoisotopic (exact) mass is 592 g/mol. The number of thiophene rings is 1. The predicted molar refractivity (Wildman–Crippen MR) is 163 cm³/mol. The van der Waals surface area contributed by atoms with Gasteiger partial charge in [-0.25, -0.2) is 8.42 Å². The van der Waals surface area contributed by atoms with Crippen molar-refractivity contribution in [2.24, 2.45) is 5.92 Å². The zero-order valence-corrected chi connectivity index (χ0v) is 25.9. The summed E-state index contributed by atoms with van der Waals surface area (Å²) in [6.07, 6.45) is 7.03. The van der Waals surface area contributed by atoms with Gasteiger partial charge in [-0.05, 0) is 67.0 Å². The number of carbonyl (C=O) groups excluding carboxylic acids is 2. The van der Waals surface area contributed by atoms with E-state index in [2.05, 4.69) is 38.3 Å². The van der Waals surface area contributed by atoms with Gasteiger partial charge in [0.1, 0.15) is 6.04 Å². The molecule has 0 saturated heterocycles. The summed E-state index contributed by atoms with van der Waals surface area (Å²) in [7, 11) is -3.08. The number of hydrogen-bond acceptors (Lipinski definition) is 5. The predicted octanol–water partition coefficient (Wildman–Crippen LogP) is 7.26. The summed E-state index contributed by atoms with van der Waals surface area (Å²) in [5.41, 5.74) is 0. The molecule has 0 radical (unpaired) electrons. The SMILES string of the molecule is CCCCC(CCC)NC(=O)[C@H](CC(C)C)NC(=O)c1cc2ccccc2s1.CS(=O)(=O)c1ccc(Cl)cc1. The maximum absolute atomic E-state index is 12.9. The van der Waals surface area contributed by atoms with Gasteiger partial charge in [0.15, 0.2) is 9.84 Å². The van der Waals surface area contributed by atoms with Crippen molar-refractivity contribution in [3.8, 4) is 0 Å². The molecule has 3 rings (SSSR count). The molecule has 2 atom stereocenters. The zero-order valence-electron chi connectivity index (χ0n) is 23.5. The Kier molecular flexibility index (Phi) is 13.4. The van der Waals surface area contributed by atoms with Crippen molar-refractivity contribution in [2.75, 3.05) is 6.26 Å². The van der Waals surface area contributed by atoms with E-state index in [1.165, 1.54) is 23.5 Å². The molecule has 1 unspecified atom stereocenters. The van der Waals surface area contributed by atoms with Crippen LogP contribution < -0.4 is 10.6 Å². The molecule has 0 aliphatic carbocycles. The molecule has 2 N–H and O–H groups in total. The Balaban J connectivity index is 0.000000404. The number of sulfone groups is 1. The molecule has 6 nitrogen and oxygen atoms in total. The first-order valence-electron chi connectivity index (χ1n) is 13.5. The van der Waals surface area contributed by atoms with E-state index in [1.54, 1.807) is 12.1 Å². The lowest BCUT2D eigenvalue weighted by Crippen LogP contribution is -2.50. The fourth-order valence-corrected chi connectivity index (χ4v) is 5.82. The van der Waals surface area contributed by atoms with Gasteiger partial charge in [-0.2, -0.15) is 0 Å². The molecule has 1 heterocycles. The van der Waals surface area contributed by atoms with E-state index >= 15 is 0 Å². The van der Waals surface area contributed by atoms with Crippen LogP contribution in [0.25, 0.3) is 10.1 Å². The van der Waals surface area contributed by atoms with Crippen LogP contribution in [-0.2, 0) is 14.6 Å². The van der Waals surface area contributed by atoms with Crippen LogP contribution in [0.5, 0.6) is 0 Å². The van der Waals surface area contributed by atoms with Crippen molar-refractivity contribution in [1.82, 2.24) is 10.6 Å². The first-order valence-corrected chi connectivity index (χ1v) is 16.6. The van der Waals surface area contributed by atoms with Gasteiger partial charge in [0.2, 0.25) is 5.91 Å². The minimum atomic E-state index is -3.08. The number of unbranched alkanes of at least 4 members (excludes halogenated alkanes) is 1. The van der Waals surface area contributed by atoms with E-state index in [0.717, 1.165) is 48.4 Å². The Morgan fingerprint density at radius 3 is 2.18 bits per heavy atom. The van der Waals surface area contributed by atoms with Gasteiger partial charge in [0.25, 0.3) is 5.91 Å². The van der Waals surface area contributed by atoms with Crippen LogP contribution in [-0.4, -0.2) is 38.6 Å². The molecule has 0 saturated carbocycles. The number of nitrogens with one attached hydrogen (secondary N) is 2. The molecular formula is C30H41ClN2O4S2. The van der Waals surface area contributed by atoms with E-state index < -0.39 is 15.9 Å². The van der Waals surface area contributed by atoms with Gasteiger partial charge in [-0.15, -0.1) is 11.3 Å². The second-order valence-electron chi connectivity index (χ2n) is 10.2. The maximum Gasteiger partial charge on any atom is 0.262 e. The first kappa shape index (κ1) is 32.8. The third-order valence-electron chi connectivity index (χ3n) is 6.11. The van der Waals surface area contributed by atoms with Crippen LogP contribution in [0.3, 0.4) is 0 Å². The Hall–Kier alpha value is -2.42. The number of benzene rings is 2. The number of hydrogen-bond donors (Lipinski definition) is 2.